The van der Waals surface area contributed by atoms with Gasteiger partial charge < -0.3 is 9.88 Å². The van der Waals surface area contributed by atoms with Crippen LogP contribution in [0.5, 0.6) is 0 Å². The van der Waals surface area contributed by atoms with E-state index in [4.69, 9.17) is 5.41 Å². The van der Waals surface area contributed by atoms with E-state index in [1.54, 1.807) is 12.3 Å². The van der Waals surface area contributed by atoms with Crippen molar-refractivity contribution in [2.75, 3.05) is 37.6 Å². The zero-order chi connectivity index (χ0) is 23.3. The van der Waals surface area contributed by atoms with Crippen molar-refractivity contribution < 1.29 is 4.79 Å². The summed E-state index contributed by atoms with van der Waals surface area (Å²) in [5.74, 6) is 0.633. The third-order valence-corrected chi connectivity index (χ3v) is 6.39. The van der Waals surface area contributed by atoms with E-state index in [0.29, 0.717) is 12.1 Å². The minimum absolute atomic E-state index is 0.0739. The van der Waals surface area contributed by atoms with Crippen LogP contribution in [-0.4, -0.2) is 59.6 Å². The fraction of sp³-hybridized carbons (Fsp3) is 0.519. The second-order valence-electron chi connectivity index (χ2n) is 8.94. The summed E-state index contributed by atoms with van der Waals surface area (Å²) in [5, 5.41) is 7.36. The van der Waals surface area contributed by atoms with Crippen LogP contribution in [0, 0.1) is 5.41 Å². The van der Waals surface area contributed by atoms with Gasteiger partial charge in [-0.3, -0.25) is 15.1 Å². The molecular weight excluding hydrogens is 410 g/mol. The molecule has 1 aliphatic heterocycles. The number of unbranched alkanes of at least 4 members (excludes halogenated alkanes) is 7. The average molecular weight is 450 g/mol. The third-order valence-electron chi connectivity index (χ3n) is 6.39. The summed E-state index contributed by atoms with van der Waals surface area (Å²) in [7, 11) is 0. The zero-order valence-corrected chi connectivity index (χ0v) is 20.1. The smallest absolute Gasteiger partial charge is 0.167 e. The van der Waals surface area contributed by atoms with Crippen molar-refractivity contribution in [1.29, 1.82) is 5.41 Å². The van der Waals surface area contributed by atoms with Crippen LogP contribution in [0.3, 0.4) is 0 Å². The first-order valence-corrected chi connectivity index (χ1v) is 12.5. The number of carbonyl (C=O) groups is 1. The van der Waals surface area contributed by atoms with Crippen LogP contribution in [0.15, 0.2) is 36.5 Å². The summed E-state index contributed by atoms with van der Waals surface area (Å²) in [5.41, 5.74) is 3.19. The number of aldehydes is 1. The Morgan fingerprint density at radius 1 is 1.00 bits per heavy atom. The van der Waals surface area contributed by atoms with Gasteiger partial charge in [-0.25, -0.2) is 4.98 Å². The molecule has 0 aliphatic carbocycles. The first kappa shape index (κ1) is 24.9. The highest BCUT2D eigenvalue weighted by Crippen LogP contribution is 2.23. The number of nitrogens with one attached hydrogen (secondary N) is 2. The number of allylic oxidation sites excluding steroid dienone is 1. The molecule has 6 heteroatoms. The molecule has 1 saturated heterocycles. The van der Waals surface area contributed by atoms with Crippen molar-refractivity contribution in [3.8, 4) is 11.3 Å². The minimum Gasteiger partial charge on any atom is -0.369 e. The van der Waals surface area contributed by atoms with Gasteiger partial charge in [-0.15, -0.1) is 0 Å². The van der Waals surface area contributed by atoms with Gasteiger partial charge in [-0.1, -0.05) is 64.0 Å². The van der Waals surface area contributed by atoms with Gasteiger partial charge in [-0.05, 0) is 42.8 Å². The number of aromatic amines is 1. The second-order valence-corrected chi connectivity index (χ2v) is 8.94. The Morgan fingerprint density at radius 3 is 2.33 bits per heavy atom. The summed E-state index contributed by atoms with van der Waals surface area (Å²) in [6.07, 6.45) is 16.4. The van der Waals surface area contributed by atoms with Crippen molar-refractivity contribution in [3.63, 3.8) is 0 Å². The minimum atomic E-state index is -0.0739. The van der Waals surface area contributed by atoms with E-state index >= 15 is 0 Å². The lowest BCUT2D eigenvalue weighted by Crippen LogP contribution is -2.46. The lowest BCUT2D eigenvalue weighted by molar-refractivity contribution is -0.102. The summed E-state index contributed by atoms with van der Waals surface area (Å²) in [4.78, 5) is 23.1. The number of H-pyrrole nitrogens is 1. The fourth-order valence-corrected chi connectivity index (χ4v) is 4.33. The third kappa shape index (κ3) is 8.28. The van der Waals surface area contributed by atoms with Crippen molar-refractivity contribution >= 4 is 23.8 Å². The van der Waals surface area contributed by atoms with E-state index in [1.807, 2.05) is 0 Å². The lowest BCUT2D eigenvalue weighted by atomic mass is 10.1. The first-order valence-electron chi connectivity index (χ1n) is 12.5. The number of benzene rings is 1. The van der Waals surface area contributed by atoms with E-state index in [1.165, 1.54) is 69.7 Å². The largest absolute Gasteiger partial charge is 0.369 e. The maximum Gasteiger partial charge on any atom is 0.167 e. The number of hydrogen-bond acceptors (Lipinski definition) is 5. The molecule has 1 fully saturated rings. The van der Waals surface area contributed by atoms with E-state index in [2.05, 4.69) is 51.0 Å². The van der Waals surface area contributed by atoms with Gasteiger partial charge in [0.25, 0.3) is 0 Å². The Balaban J connectivity index is 1.38. The van der Waals surface area contributed by atoms with Crippen molar-refractivity contribution in [2.45, 2.75) is 58.3 Å². The van der Waals surface area contributed by atoms with Crippen molar-refractivity contribution in [1.82, 2.24) is 14.9 Å². The van der Waals surface area contributed by atoms with Crippen molar-refractivity contribution in [2.24, 2.45) is 0 Å². The average Bonchev–Trinajstić information content (AvgIpc) is 3.34. The van der Waals surface area contributed by atoms with Gasteiger partial charge in [0.05, 0.1) is 17.6 Å². The summed E-state index contributed by atoms with van der Waals surface area (Å²) >= 11 is 0. The molecule has 0 atom stereocenters. The maximum absolute atomic E-state index is 10.5. The van der Waals surface area contributed by atoms with E-state index < -0.39 is 0 Å². The molecule has 6 nitrogen and oxygen atoms in total. The van der Waals surface area contributed by atoms with Gasteiger partial charge in [0.1, 0.15) is 5.82 Å². The number of aromatic nitrogens is 2. The molecule has 1 aromatic heterocycles. The number of carbonyl (C=O) groups excluding carboxylic acids is 1. The molecule has 1 aromatic carbocycles. The Bertz CT molecular complexity index is 878. The number of piperazine rings is 1. The van der Waals surface area contributed by atoms with Crippen LogP contribution in [0.1, 0.15) is 64.1 Å². The molecule has 3 rings (SSSR count). The van der Waals surface area contributed by atoms with Crippen LogP contribution in [0.4, 0.5) is 5.69 Å². The van der Waals surface area contributed by atoms with Gasteiger partial charge in [0.2, 0.25) is 0 Å². The molecule has 0 saturated carbocycles. The monoisotopic (exact) mass is 449 g/mol. The summed E-state index contributed by atoms with van der Waals surface area (Å²) < 4.78 is 0. The molecule has 0 amide bonds. The molecule has 0 unspecified atom stereocenters. The van der Waals surface area contributed by atoms with Crippen LogP contribution in [0.25, 0.3) is 17.3 Å². The second kappa shape index (κ2) is 13.7. The Hall–Kier alpha value is -2.73. The van der Waals surface area contributed by atoms with Gasteiger partial charge in [0, 0.05) is 31.9 Å². The fourth-order valence-electron chi connectivity index (χ4n) is 4.33. The maximum atomic E-state index is 10.5. The Kier molecular flexibility index (Phi) is 10.4. The van der Waals surface area contributed by atoms with E-state index in [9.17, 15) is 4.79 Å². The number of rotatable bonds is 14. The highest BCUT2D eigenvalue weighted by Gasteiger charge is 2.17. The first-order chi connectivity index (χ1) is 16.2. The predicted molar refractivity (Wildman–Crippen MR) is 138 cm³/mol. The molecule has 0 bridgehead atoms. The SMILES string of the molecule is CCCCCCCCCCN1CCN(c2ccc(-c3cnc(/C=C\C(=N)C=O)[nH]3)cc2)CC1. The van der Waals surface area contributed by atoms with Gasteiger partial charge >= 0.3 is 0 Å². The van der Waals surface area contributed by atoms with Gasteiger partial charge in [-0.2, -0.15) is 0 Å². The molecule has 178 valence electrons. The van der Waals surface area contributed by atoms with E-state index in [-0.39, 0.29) is 5.71 Å². The number of anilines is 1. The predicted octanol–water partition coefficient (Wildman–Crippen LogP) is 5.57. The summed E-state index contributed by atoms with van der Waals surface area (Å²) in [6.45, 7) is 7.97. The van der Waals surface area contributed by atoms with E-state index in [0.717, 1.165) is 37.4 Å². The highest BCUT2D eigenvalue weighted by molar-refractivity contribution is 6.33. The van der Waals surface area contributed by atoms with Crippen molar-refractivity contribution in [3.05, 3.63) is 42.4 Å². The van der Waals surface area contributed by atoms with Gasteiger partial charge in [0.15, 0.2) is 6.29 Å². The molecule has 0 radical (unpaired) electrons. The molecule has 33 heavy (non-hydrogen) atoms. The quantitative estimate of drug-likeness (QED) is 0.224. The van der Waals surface area contributed by atoms with Crippen LogP contribution >= 0.6 is 0 Å². The normalized spacial score (nSPS) is 14.8. The lowest BCUT2D eigenvalue weighted by Gasteiger charge is -2.36. The number of hydrogen-bond donors (Lipinski definition) is 2. The molecule has 0 spiro atoms. The molecule has 2 N–H and O–H groups in total. The van der Waals surface area contributed by atoms with Crippen LogP contribution < -0.4 is 4.90 Å². The zero-order valence-electron chi connectivity index (χ0n) is 20.1. The Morgan fingerprint density at radius 2 is 1.67 bits per heavy atom. The number of imidazole rings is 1. The molecule has 1 aliphatic rings. The topological polar surface area (TPSA) is 76.1 Å². The van der Waals surface area contributed by atoms with Crippen LogP contribution in [-0.2, 0) is 4.79 Å². The number of nitrogens with zero attached hydrogens (tertiary/aromatic N) is 3. The molecule has 2 heterocycles. The highest BCUT2D eigenvalue weighted by atomic mass is 16.1. The van der Waals surface area contributed by atoms with Crippen LogP contribution in [0.2, 0.25) is 0 Å². The molecular formula is C27H39N5O. The molecule has 2 aromatic rings. The Labute approximate surface area is 198 Å². The summed E-state index contributed by atoms with van der Waals surface area (Å²) in [6, 6.07) is 8.61. The standard InChI is InChI=1S/C27H39N5O/c1-2-3-4-5-6-7-8-9-16-31-17-19-32(20-18-31)25-13-10-23(11-14-25)26-21-29-27(30-26)15-12-24(28)22-33/h10-15,21-22,28H,2-9,16-20H2,1H3,(H,29,30)/b15-12-,28-24?.